The van der Waals surface area contributed by atoms with Crippen LogP contribution in [-0.4, -0.2) is 47.3 Å². The Bertz CT molecular complexity index is 1350. The molecule has 0 aliphatic rings. The second kappa shape index (κ2) is 10.7. The lowest BCUT2D eigenvalue weighted by Crippen LogP contribution is -2.25. The molecule has 2 heterocycles. The lowest BCUT2D eigenvalue weighted by Gasteiger charge is -2.10. The Balaban J connectivity index is 1.43. The molecule has 4 aromatic rings. The van der Waals surface area contributed by atoms with Gasteiger partial charge in [0.1, 0.15) is 17.3 Å². The van der Waals surface area contributed by atoms with Crippen molar-refractivity contribution >= 4 is 22.8 Å². The number of amides is 1. The van der Waals surface area contributed by atoms with E-state index in [0.717, 1.165) is 41.5 Å². The summed E-state index contributed by atoms with van der Waals surface area (Å²) in [5.41, 5.74) is 2.65. The number of aryl methyl sites for hydroxylation is 1. The van der Waals surface area contributed by atoms with Gasteiger partial charge in [0.15, 0.2) is 0 Å². The zero-order chi connectivity index (χ0) is 24.8. The van der Waals surface area contributed by atoms with Gasteiger partial charge in [-0.15, -0.1) is 0 Å². The predicted octanol–water partition coefficient (Wildman–Crippen LogP) is 4.49. The molecule has 0 aliphatic carbocycles. The summed E-state index contributed by atoms with van der Waals surface area (Å²) in [7, 11) is 3.08. The number of aromatic nitrogens is 2. The van der Waals surface area contributed by atoms with Crippen molar-refractivity contribution in [2.45, 2.75) is 19.3 Å². The molecular formula is C27H27N3O5. The third-order valence-corrected chi connectivity index (χ3v) is 5.84. The van der Waals surface area contributed by atoms with Gasteiger partial charge in [-0.25, -0.2) is 9.78 Å². The molecule has 0 aliphatic heterocycles. The van der Waals surface area contributed by atoms with Crippen LogP contribution in [0.3, 0.4) is 0 Å². The summed E-state index contributed by atoms with van der Waals surface area (Å²) in [6.07, 6.45) is 6.06. The molecular weight excluding hydrogens is 446 g/mol. The minimum atomic E-state index is -0.958. The Morgan fingerprint density at radius 2 is 1.89 bits per heavy atom. The van der Waals surface area contributed by atoms with Crippen LogP contribution in [0.4, 0.5) is 0 Å². The number of rotatable bonds is 10. The normalized spacial score (nSPS) is 10.8. The second-order valence-corrected chi connectivity index (χ2v) is 8.03. The first-order valence-corrected chi connectivity index (χ1v) is 11.3. The number of carboxylic acids is 1. The summed E-state index contributed by atoms with van der Waals surface area (Å²) in [4.78, 5) is 28.5. The van der Waals surface area contributed by atoms with Crippen LogP contribution in [0.25, 0.3) is 16.7 Å². The Labute approximate surface area is 203 Å². The smallest absolute Gasteiger partial charge is 0.335 e. The van der Waals surface area contributed by atoms with E-state index >= 15 is 0 Å². The largest absolute Gasteiger partial charge is 0.497 e. The first-order chi connectivity index (χ1) is 17.0. The molecule has 2 N–H and O–H groups in total. The molecule has 0 spiro atoms. The highest BCUT2D eigenvalue weighted by Gasteiger charge is 2.15. The molecule has 0 saturated heterocycles. The van der Waals surface area contributed by atoms with Gasteiger partial charge in [0, 0.05) is 30.4 Å². The van der Waals surface area contributed by atoms with Gasteiger partial charge in [-0.2, -0.15) is 0 Å². The van der Waals surface area contributed by atoms with E-state index in [1.54, 1.807) is 43.6 Å². The number of carboxylic acid groups (broad SMARTS) is 1. The van der Waals surface area contributed by atoms with Crippen molar-refractivity contribution in [1.82, 2.24) is 14.9 Å². The number of pyridine rings is 1. The summed E-state index contributed by atoms with van der Waals surface area (Å²) >= 11 is 0. The summed E-state index contributed by atoms with van der Waals surface area (Å²) in [5, 5.41) is 13.3. The highest BCUT2D eigenvalue weighted by Crippen LogP contribution is 2.27. The number of aromatic carboxylic acids is 1. The number of carbonyl (C=O) groups is 2. The Morgan fingerprint density at radius 3 is 2.60 bits per heavy atom. The summed E-state index contributed by atoms with van der Waals surface area (Å²) in [5.74, 6) is 0.683. The molecule has 1 amide bonds. The van der Waals surface area contributed by atoms with Crippen LogP contribution in [0, 0.1) is 0 Å². The Hall–Kier alpha value is -4.33. The standard InChI is InChI=1S/C27H27N3O5/c1-34-20-10-11-21(24(16-20)35-2)26(31)29-14-5-3-7-19-17-30(25-8-4-6-13-28-25)23-12-9-18(27(32)33)15-22(19)23/h4,6,8-13,15-17H,3,5,7,14H2,1-2H3,(H,29,31)(H,32,33). The lowest BCUT2D eigenvalue weighted by molar-refractivity contribution is 0.0696. The number of carbonyl (C=O) groups excluding carboxylic acids is 1. The maximum absolute atomic E-state index is 12.6. The van der Waals surface area contributed by atoms with Crippen molar-refractivity contribution in [3.8, 4) is 17.3 Å². The zero-order valence-corrected chi connectivity index (χ0v) is 19.7. The lowest BCUT2D eigenvalue weighted by atomic mass is 10.0. The summed E-state index contributed by atoms with van der Waals surface area (Å²) in [6.45, 7) is 0.507. The average Bonchev–Trinajstić information content (AvgIpc) is 3.26. The van der Waals surface area contributed by atoms with Crippen LogP contribution in [0.1, 0.15) is 39.1 Å². The highest BCUT2D eigenvalue weighted by molar-refractivity contribution is 5.97. The molecule has 4 rings (SSSR count). The van der Waals surface area contributed by atoms with E-state index in [0.29, 0.717) is 23.6 Å². The van der Waals surface area contributed by atoms with Gasteiger partial charge >= 0.3 is 5.97 Å². The van der Waals surface area contributed by atoms with E-state index in [9.17, 15) is 14.7 Å². The van der Waals surface area contributed by atoms with Gasteiger partial charge in [0.2, 0.25) is 0 Å². The minimum Gasteiger partial charge on any atom is -0.497 e. The van der Waals surface area contributed by atoms with Gasteiger partial charge in [0.05, 0.1) is 30.9 Å². The molecule has 0 bridgehead atoms. The van der Waals surface area contributed by atoms with Crippen molar-refractivity contribution < 1.29 is 24.2 Å². The average molecular weight is 474 g/mol. The van der Waals surface area contributed by atoms with Crippen molar-refractivity contribution in [3.05, 3.63) is 83.7 Å². The minimum absolute atomic E-state index is 0.206. The quantitative estimate of drug-likeness (QED) is 0.329. The van der Waals surface area contributed by atoms with Crippen LogP contribution in [0.15, 0.2) is 67.0 Å². The molecule has 2 aromatic carbocycles. The predicted molar refractivity (Wildman–Crippen MR) is 133 cm³/mol. The fourth-order valence-corrected chi connectivity index (χ4v) is 4.04. The zero-order valence-electron chi connectivity index (χ0n) is 19.7. The van der Waals surface area contributed by atoms with Crippen LogP contribution >= 0.6 is 0 Å². The van der Waals surface area contributed by atoms with E-state index in [-0.39, 0.29) is 11.5 Å². The third kappa shape index (κ3) is 5.27. The molecule has 0 radical (unpaired) electrons. The number of ether oxygens (including phenoxy) is 2. The summed E-state index contributed by atoms with van der Waals surface area (Å²) < 4.78 is 12.5. The number of benzene rings is 2. The van der Waals surface area contributed by atoms with Gasteiger partial charge in [-0.1, -0.05) is 6.07 Å². The molecule has 180 valence electrons. The van der Waals surface area contributed by atoms with Crippen LogP contribution in [0.5, 0.6) is 11.5 Å². The number of nitrogens with zero attached hydrogens (tertiary/aromatic N) is 2. The molecule has 0 fully saturated rings. The second-order valence-electron chi connectivity index (χ2n) is 8.03. The van der Waals surface area contributed by atoms with Crippen molar-refractivity contribution in [2.75, 3.05) is 20.8 Å². The summed E-state index contributed by atoms with van der Waals surface area (Å²) in [6, 6.07) is 15.9. The number of methoxy groups -OCH3 is 2. The number of hydrogen-bond acceptors (Lipinski definition) is 5. The topological polar surface area (TPSA) is 103 Å². The van der Waals surface area contributed by atoms with E-state index in [1.165, 1.54) is 7.11 Å². The molecule has 0 saturated carbocycles. The number of unbranched alkanes of at least 4 members (excludes halogenated alkanes) is 1. The highest BCUT2D eigenvalue weighted by atomic mass is 16.5. The first-order valence-electron chi connectivity index (χ1n) is 11.3. The van der Waals surface area contributed by atoms with Crippen LogP contribution in [-0.2, 0) is 6.42 Å². The maximum Gasteiger partial charge on any atom is 0.335 e. The fraction of sp³-hybridized carbons (Fsp3) is 0.222. The number of hydrogen-bond donors (Lipinski definition) is 2. The number of fused-ring (bicyclic) bond motifs is 1. The molecule has 35 heavy (non-hydrogen) atoms. The SMILES string of the molecule is COc1ccc(C(=O)NCCCCc2cn(-c3ccccn3)c3ccc(C(=O)O)cc23)c(OC)c1. The Morgan fingerprint density at radius 1 is 1.03 bits per heavy atom. The Kier molecular flexibility index (Phi) is 7.30. The van der Waals surface area contributed by atoms with Gasteiger partial charge in [-0.05, 0) is 67.3 Å². The molecule has 8 heteroatoms. The van der Waals surface area contributed by atoms with E-state index in [1.807, 2.05) is 35.0 Å². The first kappa shape index (κ1) is 23.8. The monoisotopic (exact) mass is 473 g/mol. The molecule has 0 unspecified atom stereocenters. The van der Waals surface area contributed by atoms with Crippen LogP contribution < -0.4 is 14.8 Å². The third-order valence-electron chi connectivity index (χ3n) is 5.84. The number of nitrogens with one attached hydrogen (secondary N) is 1. The van der Waals surface area contributed by atoms with Crippen molar-refractivity contribution in [3.63, 3.8) is 0 Å². The van der Waals surface area contributed by atoms with E-state index in [4.69, 9.17) is 9.47 Å². The fourth-order valence-electron chi connectivity index (χ4n) is 4.04. The molecule has 0 atom stereocenters. The van der Waals surface area contributed by atoms with Crippen LogP contribution in [0.2, 0.25) is 0 Å². The van der Waals surface area contributed by atoms with Crippen molar-refractivity contribution in [2.24, 2.45) is 0 Å². The van der Waals surface area contributed by atoms with Gasteiger partial charge in [-0.3, -0.25) is 4.79 Å². The van der Waals surface area contributed by atoms with Gasteiger partial charge < -0.3 is 24.5 Å². The van der Waals surface area contributed by atoms with E-state index in [2.05, 4.69) is 10.3 Å². The van der Waals surface area contributed by atoms with Crippen molar-refractivity contribution in [1.29, 1.82) is 0 Å². The van der Waals surface area contributed by atoms with E-state index < -0.39 is 5.97 Å². The molecule has 2 aromatic heterocycles. The van der Waals surface area contributed by atoms with Gasteiger partial charge in [0.25, 0.3) is 5.91 Å². The molecule has 8 nitrogen and oxygen atoms in total. The maximum atomic E-state index is 12.6.